The summed E-state index contributed by atoms with van der Waals surface area (Å²) in [4.78, 5) is 0. The van der Waals surface area contributed by atoms with Crippen LogP contribution in [0.4, 0.5) is 0 Å². The van der Waals surface area contributed by atoms with Crippen molar-refractivity contribution in [1.29, 1.82) is 0 Å². The van der Waals surface area contributed by atoms with E-state index in [1.807, 2.05) is 19.1 Å². The Balaban J connectivity index is -0.000000180. The van der Waals surface area contributed by atoms with E-state index in [1.54, 1.807) is 6.07 Å². The first kappa shape index (κ1) is 25.4. The Morgan fingerprint density at radius 2 is 1.44 bits per heavy atom. The van der Waals surface area contributed by atoms with Gasteiger partial charge in [-0.25, -0.2) is 0 Å². The summed E-state index contributed by atoms with van der Waals surface area (Å²) in [6.07, 6.45) is 0. The van der Waals surface area contributed by atoms with E-state index in [0.29, 0.717) is 0 Å². The van der Waals surface area contributed by atoms with Gasteiger partial charge in [0, 0.05) is 0 Å². The van der Waals surface area contributed by atoms with Gasteiger partial charge < -0.3 is 42.3 Å². The topological polar surface area (TPSA) is 23.1 Å². The quantitative estimate of drug-likeness (QED) is 0.437. The molecule has 0 aromatic heterocycles. The molecule has 90 valence electrons. The van der Waals surface area contributed by atoms with Crippen molar-refractivity contribution in [3.8, 4) is 5.75 Å². The van der Waals surface area contributed by atoms with E-state index >= 15 is 0 Å². The maximum absolute atomic E-state index is 11.4. The molecular weight excluding hydrogens is 302 g/mol. The number of benzene rings is 1. The molecule has 0 aliphatic carbocycles. The number of rotatable bonds is 0. The number of hydrogen-bond acceptors (Lipinski definition) is 1. The van der Waals surface area contributed by atoms with Crippen LogP contribution in [0.3, 0.4) is 0 Å². The van der Waals surface area contributed by atoms with Crippen molar-refractivity contribution in [2.75, 3.05) is 0 Å². The summed E-state index contributed by atoms with van der Waals surface area (Å²) in [6.45, 7) is 8.18. The van der Waals surface area contributed by atoms with Gasteiger partial charge in [-0.15, -0.1) is 5.75 Å². The van der Waals surface area contributed by atoms with Crippen LogP contribution < -0.4 is 42.3 Å². The molecule has 1 aromatic rings. The molecule has 0 saturated heterocycles. The fourth-order valence-electron chi connectivity index (χ4n) is 1.23. The van der Waals surface area contributed by atoms with Gasteiger partial charge in [0.25, 0.3) is 0 Å². The first-order valence-corrected chi connectivity index (χ1v) is 4.19. The van der Waals surface area contributed by atoms with E-state index in [-0.39, 0.29) is 70.1 Å². The molecule has 0 bridgehead atoms. The predicted octanol–water partition coefficient (Wildman–Crippen LogP) is -6.62. The molecule has 1 aromatic carbocycles. The fourth-order valence-corrected chi connectivity index (χ4v) is 1.23. The molecular formula is C11H15Cl3OTi. The maximum Gasteiger partial charge on any atom is 4.00 e. The molecule has 16 heavy (non-hydrogen) atoms. The summed E-state index contributed by atoms with van der Waals surface area (Å²) in [6, 6.07) is 5.48. The second kappa shape index (κ2) is 9.62. The van der Waals surface area contributed by atoms with Crippen LogP contribution in [0.5, 0.6) is 5.75 Å². The van der Waals surface area contributed by atoms with Crippen molar-refractivity contribution in [2.45, 2.75) is 33.1 Å². The third-order valence-electron chi connectivity index (χ3n) is 1.94. The summed E-state index contributed by atoms with van der Waals surface area (Å²) in [5.74, 6) is 0.146. The number of halogens is 3. The van der Waals surface area contributed by atoms with Crippen LogP contribution in [0, 0.1) is 6.92 Å². The average Bonchev–Trinajstić information content (AvgIpc) is 1.92. The van der Waals surface area contributed by atoms with Gasteiger partial charge in [-0.2, -0.15) is 0 Å². The molecule has 0 radical (unpaired) electrons. The fraction of sp³-hybridized carbons (Fsp3) is 0.455. The van der Waals surface area contributed by atoms with Crippen LogP contribution in [0.2, 0.25) is 0 Å². The number of hydrogen-bond donors (Lipinski definition) is 0. The van der Waals surface area contributed by atoms with Crippen molar-refractivity contribution in [3.05, 3.63) is 29.3 Å². The normalized spacial score (nSPS) is 8.75. The summed E-state index contributed by atoms with van der Waals surface area (Å²) in [7, 11) is 0. The monoisotopic (exact) mass is 316 g/mol. The minimum absolute atomic E-state index is 0. The SMILES string of the molecule is Cc1ccc([O-])c(C(C)(C)C)c1.[Cl-].[Cl-].[Cl-].[Ti+4]. The zero-order valence-electron chi connectivity index (χ0n) is 9.77. The second-order valence-corrected chi connectivity index (χ2v) is 4.25. The average molecular weight is 317 g/mol. The Hall–Kier alpha value is 0.604. The van der Waals surface area contributed by atoms with E-state index in [0.717, 1.165) is 11.1 Å². The van der Waals surface area contributed by atoms with Gasteiger partial charge in [-0.05, 0) is 12.3 Å². The molecule has 0 fully saturated rings. The second-order valence-electron chi connectivity index (χ2n) is 4.25. The van der Waals surface area contributed by atoms with Gasteiger partial charge >= 0.3 is 21.7 Å². The molecule has 0 unspecified atom stereocenters. The zero-order valence-corrected chi connectivity index (χ0v) is 13.6. The summed E-state index contributed by atoms with van der Waals surface area (Å²) >= 11 is 0. The minimum atomic E-state index is -0.0386. The van der Waals surface area contributed by atoms with Crippen LogP contribution in [0.1, 0.15) is 31.9 Å². The smallest absolute Gasteiger partial charge is 1.00 e. The molecule has 0 spiro atoms. The van der Waals surface area contributed by atoms with Gasteiger partial charge in [0.05, 0.1) is 0 Å². The summed E-state index contributed by atoms with van der Waals surface area (Å²) in [5.41, 5.74) is 2.02. The van der Waals surface area contributed by atoms with Crippen LogP contribution >= 0.6 is 0 Å². The van der Waals surface area contributed by atoms with Gasteiger partial charge in [0.2, 0.25) is 0 Å². The molecule has 0 N–H and O–H groups in total. The van der Waals surface area contributed by atoms with E-state index < -0.39 is 0 Å². The first-order chi connectivity index (χ1) is 5.41. The van der Waals surface area contributed by atoms with Crippen LogP contribution in [0.25, 0.3) is 0 Å². The standard InChI is InChI=1S/C11H16O.3ClH.Ti/c1-8-5-6-10(12)9(7-8)11(2,3)4;;;;/h5-7,12H,1-4H3;3*1H;/q;;;;+4/p-4. The van der Waals surface area contributed by atoms with Gasteiger partial charge in [0.1, 0.15) is 0 Å². The Labute approximate surface area is 132 Å². The van der Waals surface area contributed by atoms with Gasteiger partial charge in [-0.1, -0.05) is 50.1 Å². The Morgan fingerprint density at radius 3 is 1.75 bits per heavy atom. The maximum atomic E-state index is 11.4. The molecule has 5 heteroatoms. The van der Waals surface area contributed by atoms with Crippen molar-refractivity contribution < 1.29 is 64.0 Å². The van der Waals surface area contributed by atoms with Gasteiger partial charge in [-0.3, -0.25) is 0 Å². The van der Waals surface area contributed by atoms with E-state index in [1.165, 1.54) is 0 Å². The molecule has 0 atom stereocenters. The Morgan fingerprint density at radius 1 is 1.00 bits per heavy atom. The van der Waals surface area contributed by atoms with Crippen LogP contribution in [0.15, 0.2) is 18.2 Å². The molecule has 0 aliphatic heterocycles. The molecule has 0 amide bonds. The minimum Gasteiger partial charge on any atom is -1.00 e. The van der Waals surface area contributed by atoms with E-state index in [9.17, 15) is 5.11 Å². The molecule has 1 rings (SSSR count). The Bertz CT molecular complexity index is 298. The van der Waals surface area contributed by atoms with Gasteiger partial charge in [0.15, 0.2) is 0 Å². The zero-order chi connectivity index (χ0) is 9.35. The summed E-state index contributed by atoms with van der Waals surface area (Å²) in [5, 5.41) is 11.4. The van der Waals surface area contributed by atoms with E-state index in [2.05, 4.69) is 20.8 Å². The van der Waals surface area contributed by atoms with Crippen LogP contribution in [-0.2, 0) is 27.1 Å². The third-order valence-corrected chi connectivity index (χ3v) is 1.94. The molecule has 0 aliphatic rings. The first-order valence-electron chi connectivity index (χ1n) is 4.19. The van der Waals surface area contributed by atoms with Crippen molar-refractivity contribution >= 4 is 0 Å². The third kappa shape index (κ3) is 7.03. The summed E-state index contributed by atoms with van der Waals surface area (Å²) < 4.78 is 0. The van der Waals surface area contributed by atoms with Crippen LogP contribution in [-0.4, -0.2) is 0 Å². The molecule has 0 heterocycles. The largest absolute Gasteiger partial charge is 4.00 e. The van der Waals surface area contributed by atoms with Crippen molar-refractivity contribution in [1.82, 2.24) is 0 Å². The molecule has 1 nitrogen and oxygen atoms in total. The van der Waals surface area contributed by atoms with Crippen molar-refractivity contribution in [2.24, 2.45) is 0 Å². The predicted molar refractivity (Wildman–Crippen MR) is 49.3 cm³/mol. The van der Waals surface area contributed by atoms with E-state index in [4.69, 9.17) is 0 Å². The number of aryl methyl sites for hydroxylation is 1. The molecule has 0 saturated carbocycles. The Kier molecular flexibility index (Phi) is 15.3. The van der Waals surface area contributed by atoms with Crippen molar-refractivity contribution in [3.63, 3.8) is 0 Å².